The fourth-order valence-electron chi connectivity index (χ4n) is 2.16. The lowest BCUT2D eigenvalue weighted by atomic mass is 9.92. The Balaban J connectivity index is 3.35. The average Bonchev–Trinajstić information content (AvgIpc) is 2.66. The number of halogens is 3. The number of methoxy groups -OCH3 is 1. The quantitative estimate of drug-likeness (QED) is 0.798. The molecule has 1 amide bonds. The molecule has 8 heteroatoms. The molecule has 0 saturated heterocycles. The summed E-state index contributed by atoms with van der Waals surface area (Å²) in [6, 6.07) is 1.52. The van der Waals surface area contributed by atoms with E-state index in [0.717, 1.165) is 5.69 Å². The van der Waals surface area contributed by atoms with Crippen LogP contribution in [-0.2, 0) is 28.5 Å². The van der Waals surface area contributed by atoms with Crippen molar-refractivity contribution in [1.29, 1.82) is 0 Å². The number of carbonyl (C=O) groups excluding carboxylic acids is 1. The number of rotatable bonds is 4. The van der Waals surface area contributed by atoms with Crippen LogP contribution in [0.2, 0.25) is 0 Å². The van der Waals surface area contributed by atoms with Crippen molar-refractivity contribution in [3.8, 4) is 0 Å². The minimum atomic E-state index is -4.97. The first-order valence-corrected chi connectivity index (χ1v) is 6.90. The largest absolute Gasteiger partial charge is 0.473 e. The van der Waals surface area contributed by atoms with Gasteiger partial charge in [-0.15, -0.1) is 0 Å². The number of nitrogens with zero attached hydrogens (tertiary/aromatic N) is 3. The van der Waals surface area contributed by atoms with Gasteiger partial charge in [-0.25, -0.2) is 0 Å². The normalized spacial score (nSPS) is 13.7. The third-order valence-corrected chi connectivity index (χ3v) is 3.19. The molecule has 0 fully saturated rings. The smallest absolute Gasteiger partial charge is 0.385 e. The molecule has 1 aromatic rings. The van der Waals surface area contributed by atoms with Crippen LogP contribution >= 0.6 is 0 Å². The zero-order valence-electron chi connectivity index (χ0n) is 13.5. The Bertz CT molecular complexity index is 592. The highest BCUT2D eigenvalue weighted by Gasteiger charge is 2.38. The van der Waals surface area contributed by atoms with E-state index in [1.807, 2.05) is 20.8 Å². The first-order valence-electron chi connectivity index (χ1n) is 6.90. The summed E-state index contributed by atoms with van der Waals surface area (Å²) >= 11 is 0. The van der Waals surface area contributed by atoms with Crippen LogP contribution < -0.4 is 5.49 Å². The molecule has 1 aromatic heterocycles. The second kappa shape index (κ2) is 6.68. The van der Waals surface area contributed by atoms with Gasteiger partial charge < -0.3 is 4.74 Å². The van der Waals surface area contributed by atoms with Gasteiger partial charge in [0.2, 0.25) is 0 Å². The van der Waals surface area contributed by atoms with Crippen LogP contribution in [0.3, 0.4) is 0 Å². The minimum Gasteiger partial charge on any atom is -0.385 e. The molecule has 0 atom stereocenters. The molecule has 5 nitrogen and oxygen atoms in total. The summed E-state index contributed by atoms with van der Waals surface area (Å²) in [5.74, 6) is -2.10. The number of hydrogen-bond donors (Lipinski definition) is 0. The van der Waals surface area contributed by atoms with E-state index in [4.69, 9.17) is 4.74 Å². The van der Waals surface area contributed by atoms with Crippen LogP contribution in [0.4, 0.5) is 13.2 Å². The van der Waals surface area contributed by atoms with Crippen LogP contribution in [0.1, 0.15) is 32.9 Å². The summed E-state index contributed by atoms with van der Waals surface area (Å²) in [5.41, 5.74) is 0.511. The van der Waals surface area contributed by atoms with E-state index in [-0.39, 0.29) is 10.9 Å². The molecule has 0 aliphatic carbocycles. The van der Waals surface area contributed by atoms with Crippen LogP contribution in [0, 0.1) is 0 Å². The number of ether oxygens (including phenoxy) is 1. The van der Waals surface area contributed by atoms with E-state index < -0.39 is 12.1 Å². The highest BCUT2D eigenvalue weighted by Crippen LogP contribution is 2.21. The second-order valence-electron chi connectivity index (χ2n) is 6.05. The van der Waals surface area contributed by atoms with Gasteiger partial charge in [-0.1, -0.05) is 20.8 Å². The molecule has 0 unspecified atom stereocenters. The molecule has 0 aliphatic heterocycles. The average molecular weight is 321 g/mol. The summed E-state index contributed by atoms with van der Waals surface area (Å²) in [6.45, 7) is 6.70. The van der Waals surface area contributed by atoms with Gasteiger partial charge in [0.05, 0.1) is 0 Å². The first kappa shape index (κ1) is 18.5. The maximum Gasteiger partial charge on any atom is 0.473 e. The van der Waals surface area contributed by atoms with Crippen molar-refractivity contribution >= 4 is 5.91 Å². The maximum absolute atomic E-state index is 12.4. The first-order chi connectivity index (χ1) is 9.98. The monoisotopic (exact) mass is 321 g/mol. The Kier molecular flexibility index (Phi) is 5.61. The van der Waals surface area contributed by atoms with Gasteiger partial charge >= 0.3 is 12.1 Å². The van der Waals surface area contributed by atoms with Crippen molar-refractivity contribution in [3.63, 3.8) is 0 Å². The third-order valence-electron chi connectivity index (χ3n) is 3.19. The molecular weight excluding hydrogens is 299 g/mol. The topological polar surface area (TPSA) is 48.5 Å². The molecule has 0 saturated carbocycles. The van der Waals surface area contributed by atoms with Crippen LogP contribution in [0.25, 0.3) is 0 Å². The Morgan fingerprint density at radius 2 is 1.91 bits per heavy atom. The Morgan fingerprint density at radius 3 is 2.36 bits per heavy atom. The van der Waals surface area contributed by atoms with E-state index in [1.165, 1.54) is 6.07 Å². The van der Waals surface area contributed by atoms with Crippen molar-refractivity contribution in [2.24, 2.45) is 12.0 Å². The fraction of sp³-hybridized carbons (Fsp3) is 0.714. The van der Waals surface area contributed by atoms with E-state index in [9.17, 15) is 18.0 Å². The predicted octanol–water partition coefficient (Wildman–Crippen LogP) is 2.15. The maximum atomic E-state index is 12.4. The summed E-state index contributed by atoms with van der Waals surface area (Å²) in [6.07, 6.45) is -4.37. The number of aromatic nitrogens is 2. The van der Waals surface area contributed by atoms with E-state index in [2.05, 4.69) is 4.99 Å². The molecule has 0 bridgehead atoms. The summed E-state index contributed by atoms with van der Waals surface area (Å²) < 4.78 is 45.6. The zero-order valence-corrected chi connectivity index (χ0v) is 13.5. The van der Waals surface area contributed by atoms with Gasteiger partial charge in [0.1, 0.15) is 0 Å². The summed E-state index contributed by atoms with van der Waals surface area (Å²) in [7, 11) is 3.29. The summed E-state index contributed by atoms with van der Waals surface area (Å²) in [4.78, 5) is 14.4. The van der Waals surface area contributed by atoms with Gasteiger partial charge in [0.15, 0.2) is 5.49 Å². The van der Waals surface area contributed by atoms with E-state index in [1.54, 1.807) is 23.5 Å². The Labute approximate surface area is 127 Å². The highest BCUT2D eigenvalue weighted by atomic mass is 19.4. The molecule has 0 radical (unpaired) electrons. The van der Waals surface area contributed by atoms with Crippen LogP contribution in [-0.4, -0.2) is 35.2 Å². The number of hydrogen-bond acceptors (Lipinski definition) is 2. The van der Waals surface area contributed by atoms with Crippen LogP contribution in [0.5, 0.6) is 0 Å². The van der Waals surface area contributed by atoms with Gasteiger partial charge in [-0.3, -0.25) is 14.2 Å². The molecule has 1 heterocycles. The van der Waals surface area contributed by atoms with Gasteiger partial charge in [0, 0.05) is 44.5 Å². The fourth-order valence-corrected chi connectivity index (χ4v) is 2.16. The number of carbonyl (C=O) groups is 1. The minimum absolute atomic E-state index is 0.00542. The van der Waals surface area contributed by atoms with Crippen molar-refractivity contribution in [1.82, 2.24) is 9.36 Å². The van der Waals surface area contributed by atoms with Crippen molar-refractivity contribution < 1.29 is 22.7 Å². The van der Waals surface area contributed by atoms with Crippen LogP contribution in [0.15, 0.2) is 11.1 Å². The number of alkyl halides is 3. The van der Waals surface area contributed by atoms with E-state index >= 15 is 0 Å². The molecule has 22 heavy (non-hydrogen) atoms. The SMILES string of the molecule is COCCCn1/c(=N/C(=O)C(F)(F)F)cc(C(C)(C)C)n1C. The van der Waals surface area contributed by atoms with Gasteiger partial charge in [-0.05, 0) is 6.42 Å². The molecule has 0 aliphatic rings. The third kappa shape index (κ3) is 4.46. The van der Waals surface area contributed by atoms with E-state index in [0.29, 0.717) is 19.6 Å². The Hall–Kier alpha value is -1.57. The number of amides is 1. The van der Waals surface area contributed by atoms with Gasteiger partial charge in [0.25, 0.3) is 0 Å². The van der Waals surface area contributed by atoms with Crippen molar-refractivity contribution in [3.05, 3.63) is 17.2 Å². The Morgan fingerprint density at radius 1 is 1.32 bits per heavy atom. The molecule has 0 N–H and O–H groups in total. The van der Waals surface area contributed by atoms with Gasteiger partial charge in [-0.2, -0.15) is 18.2 Å². The second-order valence-corrected chi connectivity index (χ2v) is 6.05. The molecule has 1 rings (SSSR count). The zero-order chi connectivity index (χ0) is 17.1. The van der Waals surface area contributed by atoms with Crippen molar-refractivity contribution in [2.75, 3.05) is 13.7 Å². The standard InChI is InChI=1S/C14H22F3N3O2/c1-13(2,3)10-9-11(18-12(21)14(15,16)17)20(19(10)4)7-6-8-22-5/h9H,6-8H2,1-5H3/b18-11+. The molecule has 126 valence electrons. The summed E-state index contributed by atoms with van der Waals surface area (Å²) in [5, 5.41) is 0. The molecule has 0 spiro atoms. The molecule has 0 aromatic carbocycles. The van der Waals surface area contributed by atoms with Crippen molar-refractivity contribution in [2.45, 2.75) is 45.3 Å². The predicted molar refractivity (Wildman–Crippen MR) is 75.2 cm³/mol. The molecular formula is C14H22F3N3O2. The highest BCUT2D eigenvalue weighted by molar-refractivity contribution is 5.82. The lowest BCUT2D eigenvalue weighted by Gasteiger charge is -2.20. The lowest BCUT2D eigenvalue weighted by molar-refractivity contribution is -0.169. The lowest BCUT2D eigenvalue weighted by Crippen LogP contribution is -2.29.